The number of ether oxygens (including phenoxy) is 1. The average molecular weight is 209 g/mol. The van der Waals surface area contributed by atoms with Crippen LogP contribution in [0.4, 0.5) is 10.5 Å². The number of carbonyl (C=O) groups excluding carboxylic acids is 1. The fourth-order valence-corrected chi connectivity index (χ4v) is 0.965. The quantitative estimate of drug-likeness (QED) is 0.822. The third-order valence-electron chi connectivity index (χ3n) is 1.70. The second-order valence-electron chi connectivity index (χ2n) is 3.11. The normalized spacial score (nSPS) is 9.53. The van der Waals surface area contributed by atoms with Crippen molar-refractivity contribution in [1.82, 2.24) is 9.88 Å². The van der Waals surface area contributed by atoms with Crippen LogP contribution in [0.2, 0.25) is 0 Å². The predicted octanol–water partition coefficient (Wildman–Crippen LogP) is 1.57. The third-order valence-corrected chi connectivity index (χ3v) is 1.70. The Balaban J connectivity index is 2.79. The lowest BCUT2D eigenvalue weighted by atomic mass is 10.4. The molecule has 0 aliphatic carbocycles. The number of rotatable bonds is 3. The Labute approximate surface area is 89.1 Å². The van der Waals surface area contributed by atoms with Crippen LogP contribution in [0.5, 0.6) is 5.88 Å². The van der Waals surface area contributed by atoms with E-state index in [4.69, 9.17) is 4.74 Å². The Morgan fingerprint density at radius 2 is 2.33 bits per heavy atom. The maximum atomic E-state index is 11.4. The summed E-state index contributed by atoms with van der Waals surface area (Å²) in [5.74, 6) is 0.440. The molecule has 0 saturated heterocycles. The van der Waals surface area contributed by atoms with Gasteiger partial charge < -0.3 is 15.0 Å². The maximum absolute atomic E-state index is 11.4. The molecule has 1 N–H and O–H groups in total. The minimum atomic E-state index is -0.205. The molecule has 0 radical (unpaired) electrons. The highest BCUT2D eigenvalue weighted by molar-refractivity contribution is 5.90. The van der Waals surface area contributed by atoms with E-state index < -0.39 is 0 Å². The van der Waals surface area contributed by atoms with Crippen molar-refractivity contribution >= 4 is 11.7 Å². The molecule has 0 bridgehead atoms. The number of aromatic nitrogens is 1. The smallest absolute Gasteiger partial charge is 0.321 e. The fraction of sp³-hybridized carbons (Fsp3) is 0.400. The molecule has 1 aromatic heterocycles. The molecule has 0 unspecified atom stereocenters. The summed E-state index contributed by atoms with van der Waals surface area (Å²) in [6.07, 6.45) is 1.62. The van der Waals surface area contributed by atoms with E-state index in [1.54, 1.807) is 32.4 Å². The molecule has 5 nitrogen and oxygen atoms in total. The Bertz CT molecular complexity index is 339. The number of pyridine rings is 1. The Morgan fingerprint density at radius 3 is 2.93 bits per heavy atom. The summed E-state index contributed by atoms with van der Waals surface area (Å²) in [6.45, 7) is 2.38. The van der Waals surface area contributed by atoms with Gasteiger partial charge in [0.1, 0.15) is 5.69 Å². The van der Waals surface area contributed by atoms with Gasteiger partial charge >= 0.3 is 6.03 Å². The predicted molar refractivity (Wildman–Crippen MR) is 58.1 cm³/mol. The first-order chi connectivity index (χ1) is 7.15. The summed E-state index contributed by atoms with van der Waals surface area (Å²) in [6, 6.07) is 3.29. The lowest BCUT2D eigenvalue weighted by molar-refractivity contribution is 0.230. The molecule has 2 amide bonds. The molecule has 0 atom stereocenters. The van der Waals surface area contributed by atoms with E-state index in [0.717, 1.165) is 0 Å². The average Bonchev–Trinajstić information content (AvgIpc) is 2.21. The minimum Gasteiger partial charge on any atom is -0.476 e. The van der Waals surface area contributed by atoms with Crippen molar-refractivity contribution < 1.29 is 9.53 Å². The fourth-order valence-electron chi connectivity index (χ4n) is 0.965. The van der Waals surface area contributed by atoms with Gasteiger partial charge in [-0.25, -0.2) is 9.78 Å². The van der Waals surface area contributed by atoms with Crippen LogP contribution in [0, 0.1) is 0 Å². The minimum absolute atomic E-state index is 0.205. The summed E-state index contributed by atoms with van der Waals surface area (Å²) < 4.78 is 5.27. The van der Waals surface area contributed by atoms with E-state index >= 15 is 0 Å². The molecule has 1 aromatic rings. The lowest BCUT2D eigenvalue weighted by Crippen LogP contribution is -2.27. The second kappa shape index (κ2) is 5.19. The molecule has 0 aromatic carbocycles. The molecule has 0 aliphatic rings. The summed E-state index contributed by atoms with van der Waals surface area (Å²) in [5.41, 5.74) is 0.582. The number of amides is 2. The molecular formula is C10H15N3O2. The van der Waals surface area contributed by atoms with Crippen LogP contribution in [0.1, 0.15) is 6.92 Å². The first-order valence-corrected chi connectivity index (χ1v) is 4.71. The Kier molecular flexibility index (Phi) is 3.91. The zero-order chi connectivity index (χ0) is 11.3. The van der Waals surface area contributed by atoms with E-state index in [9.17, 15) is 4.79 Å². The van der Waals surface area contributed by atoms with Crippen LogP contribution in [0.3, 0.4) is 0 Å². The van der Waals surface area contributed by atoms with Crippen molar-refractivity contribution in [1.29, 1.82) is 0 Å². The van der Waals surface area contributed by atoms with E-state index in [1.807, 2.05) is 6.92 Å². The zero-order valence-electron chi connectivity index (χ0n) is 9.15. The van der Waals surface area contributed by atoms with Gasteiger partial charge in [0.2, 0.25) is 5.88 Å². The van der Waals surface area contributed by atoms with Crippen molar-refractivity contribution in [3.63, 3.8) is 0 Å². The van der Waals surface area contributed by atoms with Gasteiger partial charge in [-0.3, -0.25) is 0 Å². The van der Waals surface area contributed by atoms with E-state index in [1.165, 1.54) is 4.90 Å². The molecule has 0 fully saturated rings. The molecule has 0 spiro atoms. The highest BCUT2D eigenvalue weighted by Gasteiger charge is 2.08. The van der Waals surface area contributed by atoms with Crippen molar-refractivity contribution in [2.24, 2.45) is 0 Å². The van der Waals surface area contributed by atoms with Crippen molar-refractivity contribution in [2.75, 3.05) is 26.0 Å². The van der Waals surface area contributed by atoms with Gasteiger partial charge in [-0.1, -0.05) is 0 Å². The molecule has 1 heterocycles. The van der Waals surface area contributed by atoms with Gasteiger partial charge in [0, 0.05) is 20.3 Å². The molecule has 1 rings (SSSR count). The first-order valence-electron chi connectivity index (χ1n) is 4.71. The van der Waals surface area contributed by atoms with Crippen LogP contribution in [-0.2, 0) is 0 Å². The second-order valence-corrected chi connectivity index (χ2v) is 3.11. The molecule has 0 aliphatic heterocycles. The van der Waals surface area contributed by atoms with Gasteiger partial charge in [0.15, 0.2) is 0 Å². The highest BCUT2D eigenvalue weighted by Crippen LogP contribution is 2.20. The Morgan fingerprint density at radius 1 is 1.60 bits per heavy atom. The number of hydrogen-bond acceptors (Lipinski definition) is 3. The van der Waals surface area contributed by atoms with Crippen LogP contribution in [0.15, 0.2) is 18.3 Å². The third kappa shape index (κ3) is 3.12. The van der Waals surface area contributed by atoms with Crippen molar-refractivity contribution in [3.05, 3.63) is 18.3 Å². The number of hydrogen-bond donors (Lipinski definition) is 1. The van der Waals surface area contributed by atoms with E-state index in [2.05, 4.69) is 10.3 Å². The number of nitrogens with zero attached hydrogens (tertiary/aromatic N) is 2. The zero-order valence-corrected chi connectivity index (χ0v) is 9.15. The van der Waals surface area contributed by atoms with Gasteiger partial charge in [-0.05, 0) is 19.1 Å². The summed E-state index contributed by atoms with van der Waals surface area (Å²) in [7, 11) is 3.35. The lowest BCUT2D eigenvalue weighted by Gasteiger charge is -2.13. The van der Waals surface area contributed by atoms with Crippen molar-refractivity contribution in [3.8, 4) is 5.88 Å². The molecule has 15 heavy (non-hydrogen) atoms. The number of carbonyl (C=O) groups is 1. The molecule has 82 valence electrons. The van der Waals surface area contributed by atoms with Gasteiger partial charge in [0.25, 0.3) is 0 Å². The maximum Gasteiger partial charge on any atom is 0.321 e. The molecular weight excluding hydrogens is 194 g/mol. The summed E-state index contributed by atoms with van der Waals surface area (Å²) >= 11 is 0. The first kappa shape index (κ1) is 11.3. The Hall–Kier alpha value is -1.78. The van der Waals surface area contributed by atoms with Gasteiger partial charge in [-0.2, -0.15) is 0 Å². The van der Waals surface area contributed by atoms with Crippen LogP contribution in [0.25, 0.3) is 0 Å². The van der Waals surface area contributed by atoms with E-state index in [0.29, 0.717) is 18.2 Å². The van der Waals surface area contributed by atoms with Gasteiger partial charge in [0.05, 0.1) is 6.61 Å². The van der Waals surface area contributed by atoms with E-state index in [-0.39, 0.29) is 6.03 Å². The van der Waals surface area contributed by atoms with Crippen LogP contribution in [-0.4, -0.2) is 36.6 Å². The number of urea groups is 1. The van der Waals surface area contributed by atoms with Gasteiger partial charge in [-0.15, -0.1) is 0 Å². The monoisotopic (exact) mass is 209 g/mol. The standard InChI is InChI=1S/C10H15N3O2/c1-4-15-9-8(6-5-7-11-9)12-10(14)13(2)3/h5-7H,4H2,1-3H3,(H,12,14). The van der Waals surface area contributed by atoms with Crippen LogP contribution < -0.4 is 10.1 Å². The summed E-state index contributed by atoms with van der Waals surface area (Å²) in [4.78, 5) is 16.9. The molecule has 0 saturated carbocycles. The SMILES string of the molecule is CCOc1ncccc1NC(=O)N(C)C. The number of nitrogens with one attached hydrogen (secondary N) is 1. The highest BCUT2D eigenvalue weighted by atomic mass is 16.5. The van der Waals surface area contributed by atoms with Crippen molar-refractivity contribution in [2.45, 2.75) is 6.92 Å². The van der Waals surface area contributed by atoms with Crippen LogP contribution >= 0.6 is 0 Å². The number of anilines is 1. The largest absolute Gasteiger partial charge is 0.476 e. The molecule has 5 heteroatoms. The summed E-state index contributed by atoms with van der Waals surface area (Å²) in [5, 5.41) is 2.69. The topological polar surface area (TPSA) is 54.5 Å².